The van der Waals surface area contributed by atoms with E-state index in [1.807, 2.05) is 35.4 Å². The summed E-state index contributed by atoms with van der Waals surface area (Å²) in [7, 11) is 0. The third kappa shape index (κ3) is 3.78. The number of benzene rings is 1. The van der Waals surface area contributed by atoms with Gasteiger partial charge in [-0.2, -0.15) is 5.10 Å². The monoisotopic (exact) mass is 347 g/mol. The molecular weight excluding hydrogens is 326 g/mol. The molecule has 0 radical (unpaired) electrons. The average Bonchev–Trinajstić information content (AvgIpc) is 2.74. The van der Waals surface area contributed by atoms with Gasteiger partial charge in [-0.05, 0) is 17.7 Å². The van der Waals surface area contributed by atoms with Crippen molar-refractivity contribution in [2.75, 3.05) is 36.0 Å². The van der Waals surface area contributed by atoms with E-state index in [0.29, 0.717) is 12.5 Å². The van der Waals surface area contributed by atoms with E-state index >= 15 is 0 Å². The molecule has 0 unspecified atom stereocenters. The smallest absolute Gasteiger partial charge is 0.251 e. The van der Waals surface area contributed by atoms with Crippen molar-refractivity contribution in [1.82, 2.24) is 25.5 Å². The standard InChI is InChI=1S/C19H21N7/c1-2-4-16(5-3-1)15-26(19-21-8-9-23-24-19)18-7-6-17(14-22-18)25-12-10-20-11-13-25/h1-9,14,20H,10-13,15H2. The molecule has 132 valence electrons. The van der Waals surface area contributed by atoms with E-state index in [0.717, 1.165) is 43.2 Å². The molecule has 0 atom stereocenters. The van der Waals surface area contributed by atoms with E-state index in [2.05, 4.69) is 48.6 Å². The first-order valence-electron chi connectivity index (χ1n) is 8.77. The Morgan fingerprint density at radius 3 is 2.50 bits per heavy atom. The first-order valence-corrected chi connectivity index (χ1v) is 8.77. The highest BCUT2D eigenvalue weighted by Crippen LogP contribution is 2.24. The largest absolute Gasteiger partial charge is 0.368 e. The van der Waals surface area contributed by atoms with Crippen molar-refractivity contribution in [3.63, 3.8) is 0 Å². The Morgan fingerprint density at radius 2 is 1.81 bits per heavy atom. The van der Waals surface area contributed by atoms with Crippen LogP contribution in [0.25, 0.3) is 0 Å². The van der Waals surface area contributed by atoms with Crippen molar-refractivity contribution in [3.8, 4) is 0 Å². The molecule has 1 aliphatic rings. The maximum atomic E-state index is 4.68. The molecule has 1 fully saturated rings. The molecule has 0 aliphatic carbocycles. The fourth-order valence-electron chi connectivity index (χ4n) is 3.03. The van der Waals surface area contributed by atoms with Crippen LogP contribution in [0.3, 0.4) is 0 Å². The Balaban J connectivity index is 1.61. The molecule has 7 nitrogen and oxygen atoms in total. The second-order valence-electron chi connectivity index (χ2n) is 6.13. The van der Waals surface area contributed by atoms with Gasteiger partial charge in [0.2, 0.25) is 0 Å². The molecule has 0 amide bonds. The Bertz CT molecular complexity index is 802. The highest BCUT2D eigenvalue weighted by atomic mass is 15.3. The van der Waals surface area contributed by atoms with Gasteiger partial charge in [0.05, 0.1) is 30.8 Å². The van der Waals surface area contributed by atoms with Crippen LogP contribution in [0.1, 0.15) is 5.56 Å². The van der Waals surface area contributed by atoms with Crippen LogP contribution in [-0.2, 0) is 6.54 Å². The summed E-state index contributed by atoms with van der Waals surface area (Å²) in [5, 5.41) is 11.5. The number of nitrogens with zero attached hydrogens (tertiary/aromatic N) is 6. The van der Waals surface area contributed by atoms with Gasteiger partial charge in [0.1, 0.15) is 5.82 Å². The molecule has 7 heteroatoms. The number of hydrogen-bond donors (Lipinski definition) is 1. The zero-order chi connectivity index (χ0) is 17.6. The summed E-state index contributed by atoms with van der Waals surface area (Å²) < 4.78 is 0. The minimum atomic E-state index is 0.541. The number of nitrogens with one attached hydrogen (secondary N) is 1. The van der Waals surface area contributed by atoms with E-state index in [4.69, 9.17) is 0 Å². The lowest BCUT2D eigenvalue weighted by Gasteiger charge is -2.29. The normalized spacial score (nSPS) is 14.2. The molecule has 4 rings (SSSR count). The van der Waals surface area contributed by atoms with E-state index in [1.165, 1.54) is 0 Å². The number of aromatic nitrogens is 4. The van der Waals surface area contributed by atoms with Crippen molar-refractivity contribution in [3.05, 3.63) is 66.6 Å². The van der Waals surface area contributed by atoms with Gasteiger partial charge < -0.3 is 10.2 Å². The second kappa shape index (κ2) is 7.88. The van der Waals surface area contributed by atoms with Crippen LogP contribution in [0, 0.1) is 0 Å². The zero-order valence-electron chi connectivity index (χ0n) is 14.5. The maximum absolute atomic E-state index is 4.68. The molecule has 3 aromatic rings. The first-order chi connectivity index (χ1) is 12.9. The lowest BCUT2D eigenvalue weighted by molar-refractivity contribution is 0.588. The van der Waals surface area contributed by atoms with Crippen LogP contribution >= 0.6 is 0 Å². The van der Waals surface area contributed by atoms with Gasteiger partial charge in [0, 0.05) is 26.2 Å². The van der Waals surface area contributed by atoms with E-state index in [1.54, 1.807) is 12.4 Å². The average molecular weight is 347 g/mol. The molecule has 0 saturated carbocycles. The SMILES string of the molecule is c1ccc(CN(c2ccc(N3CCNCC3)cn2)c2nccnn2)cc1. The number of rotatable bonds is 5. The third-order valence-corrected chi connectivity index (χ3v) is 4.39. The molecule has 2 aromatic heterocycles. The van der Waals surface area contributed by atoms with Crippen molar-refractivity contribution in [1.29, 1.82) is 0 Å². The zero-order valence-corrected chi connectivity index (χ0v) is 14.5. The van der Waals surface area contributed by atoms with E-state index < -0.39 is 0 Å². The van der Waals surface area contributed by atoms with Gasteiger partial charge in [0.25, 0.3) is 5.95 Å². The molecule has 0 bridgehead atoms. The van der Waals surface area contributed by atoms with Crippen LogP contribution in [0.15, 0.2) is 61.1 Å². The lowest BCUT2D eigenvalue weighted by Crippen LogP contribution is -2.43. The molecule has 3 heterocycles. The third-order valence-electron chi connectivity index (χ3n) is 4.39. The van der Waals surface area contributed by atoms with Gasteiger partial charge in [0.15, 0.2) is 0 Å². The van der Waals surface area contributed by atoms with Crippen molar-refractivity contribution >= 4 is 17.5 Å². The van der Waals surface area contributed by atoms with Gasteiger partial charge in [-0.3, -0.25) is 4.90 Å². The lowest BCUT2D eigenvalue weighted by atomic mass is 10.2. The van der Waals surface area contributed by atoms with Crippen LogP contribution < -0.4 is 15.1 Å². The van der Waals surface area contributed by atoms with E-state index in [-0.39, 0.29) is 0 Å². The molecule has 1 aromatic carbocycles. The fraction of sp³-hybridized carbons (Fsp3) is 0.263. The summed E-state index contributed by atoms with van der Waals surface area (Å²) in [6, 6.07) is 14.4. The predicted molar refractivity (Wildman–Crippen MR) is 101 cm³/mol. The van der Waals surface area contributed by atoms with Crippen LogP contribution in [-0.4, -0.2) is 46.3 Å². The highest BCUT2D eigenvalue weighted by Gasteiger charge is 2.16. The van der Waals surface area contributed by atoms with Gasteiger partial charge in [-0.25, -0.2) is 9.97 Å². The van der Waals surface area contributed by atoms with Crippen molar-refractivity contribution < 1.29 is 0 Å². The summed E-state index contributed by atoms with van der Waals surface area (Å²) >= 11 is 0. The summed E-state index contributed by atoms with van der Waals surface area (Å²) in [6.45, 7) is 4.64. The summed E-state index contributed by atoms with van der Waals surface area (Å²) in [5.74, 6) is 1.35. The predicted octanol–water partition coefficient (Wildman–Crippen LogP) is 2.01. The Morgan fingerprint density at radius 1 is 0.962 bits per heavy atom. The Labute approximate surface area is 152 Å². The topological polar surface area (TPSA) is 70.1 Å². The minimum absolute atomic E-state index is 0.541. The maximum Gasteiger partial charge on any atom is 0.251 e. The van der Waals surface area contributed by atoms with Crippen molar-refractivity contribution in [2.24, 2.45) is 0 Å². The van der Waals surface area contributed by atoms with Crippen LogP contribution in [0.4, 0.5) is 17.5 Å². The second-order valence-corrected chi connectivity index (χ2v) is 6.13. The van der Waals surface area contributed by atoms with Gasteiger partial charge in [-0.15, -0.1) is 5.10 Å². The summed E-state index contributed by atoms with van der Waals surface area (Å²) in [6.07, 6.45) is 5.15. The molecule has 1 aliphatic heterocycles. The molecule has 1 N–H and O–H groups in total. The fourth-order valence-corrected chi connectivity index (χ4v) is 3.03. The Hall–Kier alpha value is -3.06. The molecule has 1 saturated heterocycles. The van der Waals surface area contributed by atoms with Gasteiger partial charge >= 0.3 is 0 Å². The first kappa shape index (κ1) is 16.4. The number of anilines is 3. The van der Waals surface area contributed by atoms with Crippen LogP contribution in [0.2, 0.25) is 0 Å². The minimum Gasteiger partial charge on any atom is -0.368 e. The summed E-state index contributed by atoms with van der Waals surface area (Å²) in [4.78, 5) is 13.4. The molecule has 0 spiro atoms. The van der Waals surface area contributed by atoms with Gasteiger partial charge in [-0.1, -0.05) is 30.3 Å². The molecule has 26 heavy (non-hydrogen) atoms. The number of hydrogen-bond acceptors (Lipinski definition) is 7. The summed E-state index contributed by atoms with van der Waals surface area (Å²) in [5.41, 5.74) is 2.30. The molecular formula is C19H21N7. The van der Waals surface area contributed by atoms with Crippen LogP contribution in [0.5, 0.6) is 0 Å². The van der Waals surface area contributed by atoms with E-state index in [9.17, 15) is 0 Å². The quantitative estimate of drug-likeness (QED) is 0.757. The number of pyridine rings is 1. The highest BCUT2D eigenvalue weighted by molar-refractivity contribution is 5.56. The Kier molecular flexibility index (Phi) is 4.97. The number of piperazine rings is 1. The van der Waals surface area contributed by atoms with Crippen molar-refractivity contribution in [2.45, 2.75) is 6.54 Å².